The zero-order valence-corrected chi connectivity index (χ0v) is 14.9. The summed E-state index contributed by atoms with van der Waals surface area (Å²) in [7, 11) is 1.43. The molecule has 1 unspecified atom stereocenters. The SMILES string of the molecule is COC(=O)C(NC(=O)Cc1ccccc1)C12CC3CC(CC(C3)C1)C2. The summed E-state index contributed by atoms with van der Waals surface area (Å²) in [5.41, 5.74) is 0.878. The molecule has 1 amide bonds. The van der Waals surface area contributed by atoms with Gasteiger partial charge < -0.3 is 10.1 Å². The molecular weight excluding hydrogens is 314 g/mol. The number of hydrogen-bond acceptors (Lipinski definition) is 3. The number of carbonyl (C=O) groups is 2. The molecule has 1 N–H and O–H groups in total. The highest BCUT2D eigenvalue weighted by Crippen LogP contribution is 2.61. The summed E-state index contributed by atoms with van der Waals surface area (Å²) in [6.45, 7) is 0. The third kappa shape index (κ3) is 3.19. The number of benzene rings is 1. The van der Waals surface area contributed by atoms with Crippen molar-refractivity contribution in [2.75, 3.05) is 7.11 Å². The quantitative estimate of drug-likeness (QED) is 0.837. The maximum atomic E-state index is 12.6. The van der Waals surface area contributed by atoms with Gasteiger partial charge in [-0.1, -0.05) is 30.3 Å². The van der Waals surface area contributed by atoms with Crippen LogP contribution in [0, 0.1) is 23.2 Å². The van der Waals surface area contributed by atoms with Crippen LogP contribution in [0.5, 0.6) is 0 Å². The van der Waals surface area contributed by atoms with E-state index in [4.69, 9.17) is 4.74 Å². The number of nitrogens with one attached hydrogen (secondary N) is 1. The number of hydrogen-bond donors (Lipinski definition) is 1. The second-order valence-electron chi connectivity index (χ2n) is 8.47. The molecule has 4 aliphatic carbocycles. The Morgan fingerprint density at radius 2 is 1.64 bits per heavy atom. The molecule has 4 fully saturated rings. The molecule has 5 rings (SSSR count). The van der Waals surface area contributed by atoms with E-state index in [-0.39, 0.29) is 17.3 Å². The van der Waals surface area contributed by atoms with Crippen molar-refractivity contribution in [1.29, 1.82) is 0 Å². The third-order valence-electron chi connectivity index (χ3n) is 6.65. The molecule has 134 valence electrons. The maximum Gasteiger partial charge on any atom is 0.328 e. The Kier molecular flexibility index (Phi) is 4.30. The Morgan fingerprint density at radius 1 is 1.08 bits per heavy atom. The Bertz CT molecular complexity index is 619. The first-order chi connectivity index (χ1) is 12.1. The summed E-state index contributed by atoms with van der Waals surface area (Å²) in [4.78, 5) is 25.2. The monoisotopic (exact) mass is 341 g/mol. The van der Waals surface area contributed by atoms with Gasteiger partial charge in [-0.05, 0) is 61.8 Å². The molecular formula is C21H27NO3. The second-order valence-corrected chi connectivity index (χ2v) is 8.47. The number of ether oxygens (including phenoxy) is 1. The van der Waals surface area contributed by atoms with E-state index >= 15 is 0 Å². The number of methoxy groups -OCH3 is 1. The van der Waals surface area contributed by atoms with Crippen molar-refractivity contribution in [2.45, 2.75) is 51.0 Å². The van der Waals surface area contributed by atoms with Gasteiger partial charge in [-0.25, -0.2) is 4.79 Å². The fraction of sp³-hybridized carbons (Fsp3) is 0.619. The molecule has 0 heterocycles. The lowest BCUT2D eigenvalue weighted by molar-refractivity contribution is -0.157. The molecule has 0 aliphatic heterocycles. The molecule has 25 heavy (non-hydrogen) atoms. The minimum Gasteiger partial charge on any atom is -0.467 e. The zero-order valence-electron chi connectivity index (χ0n) is 14.9. The van der Waals surface area contributed by atoms with Crippen molar-refractivity contribution in [1.82, 2.24) is 5.32 Å². The van der Waals surface area contributed by atoms with Crippen LogP contribution < -0.4 is 5.32 Å². The first-order valence-corrected chi connectivity index (χ1v) is 9.49. The van der Waals surface area contributed by atoms with Gasteiger partial charge >= 0.3 is 5.97 Å². The van der Waals surface area contributed by atoms with Gasteiger partial charge in [0.25, 0.3) is 0 Å². The van der Waals surface area contributed by atoms with Gasteiger partial charge in [-0.15, -0.1) is 0 Å². The van der Waals surface area contributed by atoms with Crippen LogP contribution in [0.4, 0.5) is 0 Å². The van der Waals surface area contributed by atoms with E-state index in [2.05, 4.69) is 5.32 Å². The number of esters is 1. The Hall–Kier alpha value is -1.84. The summed E-state index contributed by atoms with van der Waals surface area (Å²) in [6.07, 6.45) is 7.42. The van der Waals surface area contributed by atoms with Crippen molar-refractivity contribution >= 4 is 11.9 Å². The van der Waals surface area contributed by atoms with E-state index in [0.717, 1.165) is 42.6 Å². The van der Waals surface area contributed by atoms with Crippen molar-refractivity contribution in [3.8, 4) is 0 Å². The van der Waals surface area contributed by atoms with E-state index in [1.54, 1.807) is 0 Å². The summed E-state index contributed by atoms with van der Waals surface area (Å²) in [6, 6.07) is 9.18. The smallest absolute Gasteiger partial charge is 0.328 e. The first-order valence-electron chi connectivity index (χ1n) is 9.49. The van der Waals surface area contributed by atoms with Gasteiger partial charge in [0.2, 0.25) is 5.91 Å². The van der Waals surface area contributed by atoms with E-state index in [9.17, 15) is 9.59 Å². The summed E-state index contributed by atoms with van der Waals surface area (Å²) < 4.78 is 5.10. The third-order valence-corrected chi connectivity index (χ3v) is 6.65. The average Bonchev–Trinajstić information content (AvgIpc) is 2.58. The molecule has 1 atom stereocenters. The minimum atomic E-state index is -0.498. The number of amides is 1. The Labute approximate surface area is 149 Å². The van der Waals surface area contributed by atoms with E-state index in [1.165, 1.54) is 26.4 Å². The van der Waals surface area contributed by atoms with Crippen LogP contribution in [0.1, 0.15) is 44.1 Å². The highest BCUT2D eigenvalue weighted by Gasteiger charge is 2.56. The van der Waals surface area contributed by atoms with Crippen LogP contribution in [0.3, 0.4) is 0 Å². The van der Waals surface area contributed by atoms with Gasteiger partial charge in [0.05, 0.1) is 13.5 Å². The molecule has 4 aliphatic rings. The Morgan fingerprint density at radius 3 is 2.16 bits per heavy atom. The standard InChI is InChI=1S/C21H27NO3/c1-25-20(24)19(22-18(23)10-14-5-3-2-4-6-14)21-11-15-7-16(12-21)9-17(8-15)13-21/h2-6,15-17,19H,7-13H2,1H3,(H,22,23). The van der Waals surface area contributed by atoms with Crippen LogP contribution in [0.25, 0.3) is 0 Å². The van der Waals surface area contributed by atoms with Crippen molar-refractivity contribution < 1.29 is 14.3 Å². The molecule has 0 spiro atoms. The van der Waals surface area contributed by atoms with Gasteiger partial charge in [0.15, 0.2) is 0 Å². The molecule has 4 bridgehead atoms. The summed E-state index contributed by atoms with van der Waals surface area (Å²) >= 11 is 0. The molecule has 4 saturated carbocycles. The molecule has 0 aromatic heterocycles. The Balaban J connectivity index is 1.52. The van der Waals surface area contributed by atoms with Crippen molar-refractivity contribution in [3.63, 3.8) is 0 Å². The van der Waals surface area contributed by atoms with Gasteiger partial charge in [0.1, 0.15) is 6.04 Å². The van der Waals surface area contributed by atoms with Crippen molar-refractivity contribution in [2.24, 2.45) is 23.2 Å². The second kappa shape index (κ2) is 6.47. The lowest BCUT2D eigenvalue weighted by Gasteiger charge is -2.58. The molecule has 0 radical (unpaired) electrons. The minimum absolute atomic E-state index is 0.0858. The predicted molar refractivity (Wildman–Crippen MR) is 94.7 cm³/mol. The molecule has 4 heteroatoms. The normalized spacial score (nSPS) is 33.7. The van der Waals surface area contributed by atoms with Gasteiger partial charge in [0, 0.05) is 5.41 Å². The topological polar surface area (TPSA) is 55.4 Å². The first kappa shape index (κ1) is 16.6. The van der Waals surface area contributed by atoms with Gasteiger partial charge in [-0.3, -0.25) is 4.79 Å². The lowest BCUT2D eigenvalue weighted by atomic mass is 9.47. The molecule has 0 saturated heterocycles. The average molecular weight is 341 g/mol. The highest BCUT2D eigenvalue weighted by molar-refractivity contribution is 5.86. The largest absolute Gasteiger partial charge is 0.467 e. The van der Waals surface area contributed by atoms with Crippen LogP contribution in [0.2, 0.25) is 0 Å². The van der Waals surface area contributed by atoms with Crippen molar-refractivity contribution in [3.05, 3.63) is 35.9 Å². The molecule has 1 aromatic carbocycles. The van der Waals surface area contributed by atoms with E-state index < -0.39 is 6.04 Å². The fourth-order valence-electron chi connectivity index (χ4n) is 6.10. The summed E-state index contributed by atoms with van der Waals surface area (Å²) in [5, 5.41) is 3.06. The van der Waals surface area contributed by atoms with Crippen LogP contribution in [-0.4, -0.2) is 25.0 Å². The van der Waals surface area contributed by atoms with Crippen LogP contribution >= 0.6 is 0 Å². The predicted octanol–water partition coefficient (Wildman–Crippen LogP) is 3.10. The van der Waals surface area contributed by atoms with Crippen LogP contribution in [0.15, 0.2) is 30.3 Å². The van der Waals surface area contributed by atoms with Gasteiger partial charge in [-0.2, -0.15) is 0 Å². The molecule has 1 aromatic rings. The highest BCUT2D eigenvalue weighted by atomic mass is 16.5. The number of carbonyl (C=O) groups excluding carboxylic acids is 2. The maximum absolute atomic E-state index is 12.6. The molecule has 4 nitrogen and oxygen atoms in total. The lowest BCUT2D eigenvalue weighted by Crippen LogP contribution is -2.60. The summed E-state index contributed by atoms with van der Waals surface area (Å²) in [5.74, 6) is 1.82. The van der Waals surface area contributed by atoms with E-state index in [0.29, 0.717) is 6.42 Å². The zero-order chi connectivity index (χ0) is 17.4. The van der Waals surface area contributed by atoms with Crippen LogP contribution in [-0.2, 0) is 20.7 Å². The fourth-order valence-corrected chi connectivity index (χ4v) is 6.10. The number of rotatable bonds is 5. The van der Waals surface area contributed by atoms with E-state index in [1.807, 2.05) is 30.3 Å².